The number of hydrogen-bond acceptors (Lipinski definition) is 8. The van der Waals surface area contributed by atoms with Gasteiger partial charge in [0.2, 0.25) is 20.9 Å². The van der Waals surface area contributed by atoms with E-state index in [-0.39, 0.29) is 11.7 Å². The van der Waals surface area contributed by atoms with Crippen LogP contribution in [0.1, 0.15) is 5.69 Å². The van der Waals surface area contributed by atoms with E-state index in [4.69, 9.17) is 0 Å². The van der Waals surface area contributed by atoms with Gasteiger partial charge < -0.3 is 5.32 Å². The van der Waals surface area contributed by atoms with Crippen LogP contribution in [0.5, 0.6) is 0 Å². The first-order chi connectivity index (χ1) is 13.0. The summed E-state index contributed by atoms with van der Waals surface area (Å²) in [5.74, 6) is 0.475. The van der Waals surface area contributed by atoms with Gasteiger partial charge in [-0.25, -0.2) is 28.4 Å². The first-order valence-corrected chi connectivity index (χ1v) is 9.92. The van der Waals surface area contributed by atoms with Crippen LogP contribution in [-0.4, -0.2) is 44.2 Å². The molecule has 3 aromatic heterocycles. The van der Waals surface area contributed by atoms with Crippen molar-refractivity contribution in [1.82, 2.24) is 29.5 Å². The first-order valence-electron chi connectivity index (χ1n) is 8.03. The van der Waals surface area contributed by atoms with Crippen LogP contribution < -0.4 is 5.32 Å². The molecule has 0 fully saturated rings. The number of nitrogens with one attached hydrogen (secondary N) is 1. The van der Waals surface area contributed by atoms with E-state index in [1.54, 1.807) is 10.6 Å². The number of fused-ring (bicyclic) bond motifs is 1. The summed E-state index contributed by atoms with van der Waals surface area (Å²) in [7, 11) is -3.47. The minimum absolute atomic E-state index is 0.210. The van der Waals surface area contributed by atoms with Crippen molar-refractivity contribution in [3.63, 3.8) is 0 Å². The summed E-state index contributed by atoms with van der Waals surface area (Å²) in [6.07, 6.45) is 3.94. The SMILES string of the molecule is CS(=O)(=O)c1nccc(CNc2nc(-c3ccccc3)cc3ncnn23)n1. The lowest BCUT2D eigenvalue weighted by molar-refractivity contribution is 0.592. The Morgan fingerprint density at radius 2 is 1.89 bits per heavy atom. The van der Waals surface area contributed by atoms with Gasteiger partial charge in [-0.05, 0) is 6.07 Å². The van der Waals surface area contributed by atoms with E-state index in [9.17, 15) is 8.42 Å². The number of anilines is 1. The molecule has 9 nitrogen and oxygen atoms in total. The Hall–Kier alpha value is -3.40. The molecule has 0 saturated heterocycles. The second kappa shape index (κ2) is 6.72. The van der Waals surface area contributed by atoms with Crippen molar-refractivity contribution >= 4 is 21.4 Å². The Bertz CT molecular complexity index is 1210. The minimum atomic E-state index is -3.47. The second-order valence-electron chi connectivity index (χ2n) is 5.82. The highest BCUT2D eigenvalue weighted by atomic mass is 32.2. The van der Waals surface area contributed by atoms with Gasteiger partial charge in [-0.3, -0.25) is 0 Å². The summed E-state index contributed by atoms with van der Waals surface area (Å²) in [4.78, 5) is 16.7. The molecule has 1 N–H and O–H groups in total. The fourth-order valence-electron chi connectivity index (χ4n) is 2.52. The summed E-state index contributed by atoms with van der Waals surface area (Å²) >= 11 is 0. The maximum atomic E-state index is 11.6. The maximum Gasteiger partial charge on any atom is 0.247 e. The number of aromatic nitrogens is 6. The zero-order valence-electron chi connectivity index (χ0n) is 14.3. The van der Waals surface area contributed by atoms with Crippen LogP contribution >= 0.6 is 0 Å². The second-order valence-corrected chi connectivity index (χ2v) is 7.73. The van der Waals surface area contributed by atoms with Gasteiger partial charge in [0.05, 0.1) is 17.9 Å². The molecule has 0 saturated carbocycles. The highest BCUT2D eigenvalue weighted by Gasteiger charge is 2.13. The van der Waals surface area contributed by atoms with Crippen molar-refractivity contribution in [1.29, 1.82) is 0 Å². The molecule has 0 atom stereocenters. The number of nitrogens with zero attached hydrogens (tertiary/aromatic N) is 6. The van der Waals surface area contributed by atoms with Gasteiger partial charge in [-0.15, -0.1) is 0 Å². The summed E-state index contributed by atoms with van der Waals surface area (Å²) in [6, 6.07) is 13.2. The smallest absolute Gasteiger partial charge is 0.247 e. The molecule has 10 heteroatoms. The fraction of sp³-hybridized carbons (Fsp3) is 0.118. The molecule has 3 heterocycles. The van der Waals surface area contributed by atoms with Gasteiger partial charge in [-0.2, -0.15) is 9.61 Å². The zero-order valence-corrected chi connectivity index (χ0v) is 15.1. The molecule has 1 aromatic carbocycles. The molecule has 0 aliphatic carbocycles. The van der Waals surface area contributed by atoms with Crippen molar-refractivity contribution in [2.45, 2.75) is 11.7 Å². The Morgan fingerprint density at radius 3 is 2.67 bits per heavy atom. The molecular weight excluding hydrogens is 366 g/mol. The molecule has 0 radical (unpaired) electrons. The minimum Gasteiger partial charge on any atom is -0.348 e. The monoisotopic (exact) mass is 381 g/mol. The summed E-state index contributed by atoms with van der Waals surface area (Å²) in [5.41, 5.74) is 2.86. The third-order valence-electron chi connectivity index (χ3n) is 3.79. The first kappa shape index (κ1) is 17.0. The Labute approximate surface area is 155 Å². The standard InChI is InChI=1S/C17H15N7O2S/c1-27(25,26)17-18-8-7-13(22-17)10-19-16-23-14(12-5-3-2-4-6-12)9-15-20-11-21-24(15)16/h2-9,11H,10H2,1H3,(H,19,23). The van der Waals surface area contributed by atoms with Crippen molar-refractivity contribution in [3.8, 4) is 11.3 Å². The van der Waals surface area contributed by atoms with Crippen LogP contribution in [0.3, 0.4) is 0 Å². The fourth-order valence-corrected chi connectivity index (χ4v) is 3.06. The number of rotatable bonds is 5. The van der Waals surface area contributed by atoms with Gasteiger partial charge in [0.25, 0.3) is 0 Å². The highest BCUT2D eigenvalue weighted by molar-refractivity contribution is 7.90. The molecule has 4 rings (SSSR count). The largest absolute Gasteiger partial charge is 0.348 e. The maximum absolute atomic E-state index is 11.6. The van der Waals surface area contributed by atoms with Gasteiger partial charge in [0, 0.05) is 24.1 Å². The number of hydrogen-bond donors (Lipinski definition) is 1. The van der Waals surface area contributed by atoms with E-state index >= 15 is 0 Å². The number of sulfone groups is 1. The van der Waals surface area contributed by atoms with Crippen molar-refractivity contribution in [3.05, 3.63) is 60.7 Å². The highest BCUT2D eigenvalue weighted by Crippen LogP contribution is 2.20. The number of benzene rings is 1. The predicted molar refractivity (Wildman–Crippen MR) is 98.7 cm³/mol. The molecular formula is C17H15N7O2S. The molecule has 0 aliphatic heterocycles. The molecule has 4 aromatic rings. The molecule has 0 spiro atoms. The average Bonchev–Trinajstić information content (AvgIpc) is 3.15. The third kappa shape index (κ3) is 3.60. The topological polar surface area (TPSA) is 115 Å². The molecule has 27 heavy (non-hydrogen) atoms. The van der Waals surface area contributed by atoms with Crippen LogP contribution in [0.4, 0.5) is 5.95 Å². The lowest BCUT2D eigenvalue weighted by Gasteiger charge is -2.09. The lowest BCUT2D eigenvalue weighted by Crippen LogP contribution is -2.11. The van der Waals surface area contributed by atoms with Gasteiger partial charge in [0.1, 0.15) is 6.33 Å². The molecule has 136 valence electrons. The van der Waals surface area contributed by atoms with Gasteiger partial charge >= 0.3 is 0 Å². The quantitative estimate of drug-likeness (QED) is 0.518. The van der Waals surface area contributed by atoms with Crippen molar-refractivity contribution in [2.75, 3.05) is 11.6 Å². The Kier molecular flexibility index (Phi) is 4.24. The van der Waals surface area contributed by atoms with Gasteiger partial charge in [0.15, 0.2) is 5.65 Å². The predicted octanol–water partition coefficient (Wildman–Crippen LogP) is 1.60. The van der Waals surface area contributed by atoms with E-state index in [0.29, 0.717) is 17.3 Å². The van der Waals surface area contributed by atoms with E-state index < -0.39 is 9.84 Å². The lowest BCUT2D eigenvalue weighted by atomic mass is 10.1. The van der Waals surface area contributed by atoms with Crippen molar-refractivity contribution in [2.24, 2.45) is 0 Å². The van der Waals surface area contributed by atoms with E-state index in [1.807, 2.05) is 36.4 Å². The van der Waals surface area contributed by atoms with Crippen LogP contribution in [0.2, 0.25) is 0 Å². The van der Waals surface area contributed by atoms with Crippen LogP contribution in [0.25, 0.3) is 16.9 Å². The van der Waals surface area contributed by atoms with Crippen molar-refractivity contribution < 1.29 is 8.42 Å². The third-order valence-corrected chi connectivity index (χ3v) is 4.65. The molecule has 0 unspecified atom stereocenters. The van der Waals surface area contributed by atoms with Crippen LogP contribution in [0, 0.1) is 0 Å². The average molecular weight is 381 g/mol. The molecule has 0 amide bonds. The van der Waals surface area contributed by atoms with E-state index in [0.717, 1.165) is 17.5 Å². The van der Waals surface area contributed by atoms with Gasteiger partial charge in [-0.1, -0.05) is 30.3 Å². The Balaban J connectivity index is 1.67. The summed E-state index contributed by atoms with van der Waals surface area (Å²) in [6.45, 7) is 0.255. The molecule has 0 bridgehead atoms. The normalized spacial score (nSPS) is 11.6. The summed E-state index contributed by atoms with van der Waals surface area (Å²) in [5, 5.41) is 7.11. The van der Waals surface area contributed by atoms with E-state index in [1.165, 1.54) is 12.5 Å². The Morgan fingerprint density at radius 1 is 1.07 bits per heavy atom. The zero-order chi connectivity index (χ0) is 18.9. The summed E-state index contributed by atoms with van der Waals surface area (Å²) < 4.78 is 24.8. The molecule has 0 aliphatic rings. The van der Waals surface area contributed by atoms with Crippen LogP contribution in [0.15, 0.2) is 60.1 Å². The van der Waals surface area contributed by atoms with Crippen LogP contribution in [-0.2, 0) is 16.4 Å². The van der Waals surface area contributed by atoms with E-state index in [2.05, 4.69) is 30.4 Å².